The fraction of sp³-hybridized carbons (Fsp3) is 0.462. The summed E-state index contributed by atoms with van der Waals surface area (Å²) in [5.74, 6) is -2.08. The van der Waals surface area contributed by atoms with Crippen LogP contribution in [0.15, 0.2) is 33.2 Å². The highest BCUT2D eigenvalue weighted by Gasteiger charge is 2.18. The molecule has 0 bridgehead atoms. The summed E-state index contributed by atoms with van der Waals surface area (Å²) in [5, 5.41) is 9.23. The topological polar surface area (TPSA) is 82.1 Å². The number of esters is 2. The largest absolute Gasteiger partial charge is 0.504 e. The summed E-state index contributed by atoms with van der Waals surface area (Å²) in [7, 11) is 0. The van der Waals surface area contributed by atoms with Crippen molar-refractivity contribution in [2.24, 2.45) is 0 Å². The molecule has 0 aliphatic heterocycles. The van der Waals surface area contributed by atoms with Gasteiger partial charge in [0.1, 0.15) is 16.5 Å². The second-order valence-electron chi connectivity index (χ2n) is 9.63. The van der Waals surface area contributed by atoms with Gasteiger partial charge in [-0.2, -0.15) is 0 Å². The van der Waals surface area contributed by atoms with Gasteiger partial charge in [-0.25, -0.2) is 13.6 Å². The second-order valence-corrected chi connectivity index (χ2v) is 11.9. The molecular formula is C26H33Br3F2O6. The molecule has 0 spiro atoms. The Balaban J connectivity index is 0.000000577. The monoisotopic (exact) mass is 716 g/mol. The minimum atomic E-state index is -0.581. The fourth-order valence-electron chi connectivity index (χ4n) is 2.28. The van der Waals surface area contributed by atoms with E-state index in [1.807, 2.05) is 20.8 Å². The Bertz CT molecular complexity index is 1040. The molecule has 0 fully saturated rings. The number of aryl methyl sites for hydroxylation is 2. The van der Waals surface area contributed by atoms with E-state index in [9.17, 15) is 18.4 Å². The maximum atomic E-state index is 13.7. The average Bonchev–Trinajstić information content (AvgIpc) is 2.76. The molecule has 0 amide bonds. The Morgan fingerprint density at radius 2 is 1.24 bits per heavy atom. The lowest BCUT2D eigenvalue weighted by molar-refractivity contribution is -0.157. The number of phenolic OH excluding ortho intramolecular Hbond substituents is 1. The van der Waals surface area contributed by atoms with Crippen LogP contribution in [0.25, 0.3) is 0 Å². The van der Waals surface area contributed by atoms with Crippen LogP contribution in [0.3, 0.4) is 0 Å². The van der Waals surface area contributed by atoms with Gasteiger partial charge in [-0.3, -0.25) is 4.79 Å². The third-order valence-corrected chi connectivity index (χ3v) is 5.51. The molecule has 0 aromatic heterocycles. The Hall–Kier alpha value is -1.72. The number of phenols is 1. The number of carbonyl (C=O) groups is 2. The van der Waals surface area contributed by atoms with Gasteiger partial charge in [-0.05, 0) is 111 Å². The first-order chi connectivity index (χ1) is 16.8. The Kier molecular flexibility index (Phi) is 14.9. The van der Waals surface area contributed by atoms with Crippen LogP contribution >= 0.6 is 47.8 Å². The predicted molar refractivity (Wildman–Crippen MR) is 150 cm³/mol. The summed E-state index contributed by atoms with van der Waals surface area (Å²) < 4.78 is 42.4. The highest BCUT2D eigenvalue weighted by atomic mass is 79.9. The van der Waals surface area contributed by atoms with E-state index < -0.39 is 23.2 Å². The van der Waals surface area contributed by atoms with Gasteiger partial charge in [0.05, 0.1) is 8.95 Å². The molecule has 208 valence electrons. The third kappa shape index (κ3) is 14.7. The van der Waals surface area contributed by atoms with Gasteiger partial charge >= 0.3 is 11.9 Å². The average molecular weight is 719 g/mol. The molecule has 0 radical (unpaired) electrons. The van der Waals surface area contributed by atoms with Crippen LogP contribution in [0.2, 0.25) is 0 Å². The van der Waals surface area contributed by atoms with Gasteiger partial charge in [-0.1, -0.05) is 28.1 Å². The number of hydrogen-bond acceptors (Lipinski definition) is 6. The summed E-state index contributed by atoms with van der Waals surface area (Å²) in [6, 6.07) is 6.50. The van der Waals surface area contributed by atoms with Crippen LogP contribution in [0.5, 0.6) is 11.5 Å². The minimum Gasteiger partial charge on any atom is -0.504 e. The van der Waals surface area contributed by atoms with E-state index >= 15 is 0 Å². The molecule has 6 nitrogen and oxygen atoms in total. The maximum Gasteiger partial charge on any atom is 0.344 e. The maximum absolute atomic E-state index is 13.7. The van der Waals surface area contributed by atoms with Crippen LogP contribution in [0, 0.1) is 25.5 Å². The standard InChI is InChI=1S/C13H16BrFO3.C7H6BrFO.C6H11BrO2/c1-8-5-6-9(14)12(11(8)15)17-7-10(16)18-13(2,3)4;1-4-2-3-5(8)7(10)6(4)9;1-6(2,3)9-5(8)4-7/h5-6H,7H2,1-4H3;2-3,10H,1H3;4H2,1-3H3. The highest BCUT2D eigenvalue weighted by Crippen LogP contribution is 2.30. The van der Waals surface area contributed by atoms with Crippen molar-refractivity contribution in [2.45, 2.75) is 66.6 Å². The molecule has 2 rings (SSSR count). The number of carbonyl (C=O) groups excluding carboxylic acids is 2. The lowest BCUT2D eigenvalue weighted by Crippen LogP contribution is -2.27. The molecule has 0 saturated carbocycles. The van der Waals surface area contributed by atoms with Gasteiger partial charge in [0, 0.05) is 0 Å². The van der Waals surface area contributed by atoms with Crippen molar-refractivity contribution in [3.63, 3.8) is 0 Å². The first kappa shape index (κ1) is 35.3. The van der Waals surface area contributed by atoms with Crippen molar-refractivity contribution in [2.75, 3.05) is 11.9 Å². The number of hydrogen-bond donors (Lipinski definition) is 1. The fourth-order valence-corrected chi connectivity index (χ4v) is 3.12. The molecule has 0 atom stereocenters. The molecule has 2 aromatic rings. The van der Waals surface area contributed by atoms with E-state index in [0.717, 1.165) is 0 Å². The predicted octanol–water partition coefficient (Wildman–Crippen LogP) is 7.94. The van der Waals surface area contributed by atoms with Crippen molar-refractivity contribution in [3.05, 3.63) is 56.0 Å². The second kappa shape index (κ2) is 15.6. The lowest BCUT2D eigenvalue weighted by Gasteiger charge is -2.19. The van der Waals surface area contributed by atoms with E-state index in [1.54, 1.807) is 58.9 Å². The summed E-state index contributed by atoms with van der Waals surface area (Å²) >= 11 is 9.16. The van der Waals surface area contributed by atoms with Crippen LogP contribution in [0.4, 0.5) is 8.78 Å². The van der Waals surface area contributed by atoms with Crippen molar-refractivity contribution in [3.8, 4) is 11.5 Å². The molecule has 0 unspecified atom stereocenters. The Labute approximate surface area is 242 Å². The Morgan fingerprint density at radius 1 is 0.811 bits per heavy atom. The number of aromatic hydroxyl groups is 1. The number of alkyl halides is 1. The molecule has 2 aromatic carbocycles. The van der Waals surface area contributed by atoms with E-state index in [2.05, 4.69) is 47.8 Å². The van der Waals surface area contributed by atoms with Crippen molar-refractivity contribution >= 4 is 59.7 Å². The zero-order valence-corrected chi connectivity index (χ0v) is 26.9. The van der Waals surface area contributed by atoms with Gasteiger partial charge in [0.25, 0.3) is 0 Å². The van der Waals surface area contributed by atoms with E-state index in [1.165, 1.54) is 0 Å². The first-order valence-corrected chi connectivity index (χ1v) is 13.7. The number of rotatable bonds is 4. The molecule has 11 heteroatoms. The van der Waals surface area contributed by atoms with Gasteiger partial charge in [0.2, 0.25) is 0 Å². The molecule has 0 heterocycles. The molecule has 37 heavy (non-hydrogen) atoms. The van der Waals surface area contributed by atoms with E-state index in [4.69, 9.17) is 19.3 Å². The van der Waals surface area contributed by atoms with E-state index in [0.29, 0.717) is 20.1 Å². The summed E-state index contributed by atoms with van der Waals surface area (Å²) in [6.07, 6.45) is 0. The molecule has 0 saturated heterocycles. The van der Waals surface area contributed by atoms with Gasteiger partial charge in [-0.15, -0.1) is 0 Å². The summed E-state index contributed by atoms with van der Waals surface area (Å²) in [5.41, 5.74) is -0.0358. The lowest BCUT2D eigenvalue weighted by atomic mass is 10.2. The van der Waals surface area contributed by atoms with Gasteiger partial charge in [0.15, 0.2) is 29.7 Å². The van der Waals surface area contributed by atoms with Crippen LogP contribution in [-0.2, 0) is 19.1 Å². The molecule has 0 aliphatic carbocycles. The summed E-state index contributed by atoms with van der Waals surface area (Å²) in [6.45, 7) is 13.7. The Morgan fingerprint density at radius 3 is 1.65 bits per heavy atom. The zero-order chi connectivity index (χ0) is 29.1. The number of halogens is 5. The molecule has 1 N–H and O–H groups in total. The molecule has 0 aliphatic rings. The minimum absolute atomic E-state index is 0.0286. The van der Waals surface area contributed by atoms with Crippen molar-refractivity contribution in [1.29, 1.82) is 0 Å². The first-order valence-electron chi connectivity index (χ1n) is 11.0. The smallest absolute Gasteiger partial charge is 0.344 e. The van der Waals surface area contributed by atoms with Crippen molar-refractivity contribution in [1.82, 2.24) is 0 Å². The van der Waals surface area contributed by atoms with Crippen LogP contribution in [0.1, 0.15) is 52.7 Å². The summed E-state index contributed by atoms with van der Waals surface area (Å²) in [4.78, 5) is 22.0. The highest BCUT2D eigenvalue weighted by molar-refractivity contribution is 9.11. The van der Waals surface area contributed by atoms with Crippen LogP contribution < -0.4 is 4.74 Å². The number of benzene rings is 2. The SMILES string of the molecule is CC(C)(C)OC(=O)CBr.Cc1ccc(Br)c(O)c1F.Cc1ccc(Br)c(OCC(=O)OC(C)(C)C)c1F. The van der Waals surface area contributed by atoms with E-state index in [-0.39, 0.29) is 35.0 Å². The van der Waals surface area contributed by atoms with Crippen molar-refractivity contribution < 1.29 is 37.7 Å². The van der Waals surface area contributed by atoms with Crippen LogP contribution in [-0.4, -0.2) is 40.2 Å². The molecular weight excluding hydrogens is 686 g/mol. The zero-order valence-electron chi connectivity index (χ0n) is 22.1. The third-order valence-electron chi connectivity index (χ3n) is 3.79. The quantitative estimate of drug-likeness (QED) is 0.256. The van der Waals surface area contributed by atoms with Gasteiger partial charge < -0.3 is 19.3 Å². The normalized spacial score (nSPS) is 10.8. The number of ether oxygens (including phenoxy) is 3.